The predicted octanol–water partition coefficient (Wildman–Crippen LogP) is 5.89. The highest BCUT2D eigenvalue weighted by Gasteiger charge is 1.97. The number of alkyl halides is 1. The summed E-state index contributed by atoms with van der Waals surface area (Å²) in [4.78, 5) is 10.3. The zero-order chi connectivity index (χ0) is 14.9. The van der Waals surface area contributed by atoms with Gasteiger partial charge in [0.25, 0.3) is 0 Å². The zero-order valence-corrected chi connectivity index (χ0v) is 13.0. The molecule has 0 aromatic rings. The van der Waals surface area contributed by atoms with Gasteiger partial charge in [-0.2, -0.15) is 0 Å². The maximum atomic E-state index is 11.8. The van der Waals surface area contributed by atoms with Crippen LogP contribution in [0.1, 0.15) is 96.3 Å². The van der Waals surface area contributed by atoms with Gasteiger partial charge in [0.15, 0.2) is 0 Å². The van der Waals surface area contributed by atoms with Gasteiger partial charge >= 0.3 is 5.97 Å². The molecule has 0 aromatic carbocycles. The fourth-order valence-corrected chi connectivity index (χ4v) is 2.49. The number of hydrogen-bond acceptors (Lipinski definition) is 1. The second-order valence-electron chi connectivity index (χ2n) is 5.78. The number of aliphatic carboxylic acids is 1. The summed E-state index contributed by atoms with van der Waals surface area (Å²) in [5.74, 6) is -0.672. The first kappa shape index (κ1) is 19.4. The monoisotopic (exact) mass is 287 g/mol. The molecule has 0 aliphatic rings. The van der Waals surface area contributed by atoms with Gasteiger partial charge in [0.1, 0.15) is 0 Å². The smallest absolute Gasteiger partial charge is 0.303 e. The summed E-state index contributed by atoms with van der Waals surface area (Å²) < 4.78 is 11.8. The van der Waals surface area contributed by atoms with Gasteiger partial charge in [-0.3, -0.25) is 9.18 Å². The Morgan fingerprint density at radius 3 is 1.20 bits per heavy atom. The van der Waals surface area contributed by atoms with Gasteiger partial charge in [0.2, 0.25) is 0 Å². The molecule has 0 bridgehead atoms. The number of carbonyl (C=O) groups is 1. The van der Waals surface area contributed by atoms with Gasteiger partial charge in [-0.05, 0) is 12.8 Å². The Labute approximate surface area is 124 Å². The lowest BCUT2D eigenvalue weighted by atomic mass is 10.0. The largest absolute Gasteiger partial charge is 0.481 e. The molecule has 0 aliphatic carbocycles. The first-order chi connectivity index (χ1) is 9.77. The molecule has 0 saturated carbocycles. The van der Waals surface area contributed by atoms with Gasteiger partial charge in [0, 0.05) is 6.42 Å². The van der Waals surface area contributed by atoms with Crippen molar-refractivity contribution in [3.8, 4) is 0 Å². The molecule has 3 heteroatoms. The molecule has 0 spiro atoms. The maximum absolute atomic E-state index is 11.8. The molecule has 0 radical (unpaired) electrons. The summed E-state index contributed by atoms with van der Waals surface area (Å²) in [6.45, 7) is -0.156. The van der Waals surface area contributed by atoms with E-state index in [0.29, 0.717) is 6.42 Å². The molecule has 0 fully saturated rings. The van der Waals surface area contributed by atoms with Crippen LogP contribution in [0.5, 0.6) is 0 Å². The van der Waals surface area contributed by atoms with Crippen LogP contribution in [0.25, 0.3) is 0 Å². The first-order valence-corrected chi connectivity index (χ1v) is 8.55. The van der Waals surface area contributed by atoms with Crippen molar-refractivity contribution in [2.45, 2.75) is 96.3 Å². The van der Waals surface area contributed by atoms with Crippen molar-refractivity contribution in [3.63, 3.8) is 0 Å². The molecule has 0 rings (SSSR count). The lowest BCUT2D eigenvalue weighted by Crippen LogP contribution is -1.93. The summed E-state index contributed by atoms with van der Waals surface area (Å²) in [7, 11) is 0. The van der Waals surface area contributed by atoms with Crippen LogP contribution in [0.3, 0.4) is 0 Å². The van der Waals surface area contributed by atoms with Crippen molar-refractivity contribution in [1.82, 2.24) is 0 Å². The average molecular weight is 287 g/mol. The van der Waals surface area contributed by atoms with Gasteiger partial charge < -0.3 is 5.11 Å². The van der Waals surface area contributed by atoms with Crippen molar-refractivity contribution in [1.29, 1.82) is 0 Å². The predicted molar refractivity (Wildman–Crippen MR) is 82.9 cm³/mol. The highest BCUT2D eigenvalue weighted by atomic mass is 18.2. The van der Waals surface area contributed by atoms with Crippen molar-refractivity contribution in [3.05, 3.63) is 0 Å². The van der Waals surface area contributed by atoms with Crippen LogP contribution < -0.4 is 0 Å². The Hall–Kier alpha value is -0.600. The molecule has 20 heavy (non-hydrogen) atoms. The number of rotatable bonds is 16. The van der Waals surface area contributed by atoms with Gasteiger partial charge in [-0.15, -0.1) is 0 Å². The number of hydrogen-bond donors (Lipinski definition) is 1. The number of carboxylic acids is 1. The maximum Gasteiger partial charge on any atom is 0.303 e. The zero-order valence-electron chi connectivity index (χ0n) is 13.0. The quantitative estimate of drug-likeness (QED) is 0.359. The van der Waals surface area contributed by atoms with Crippen LogP contribution in [-0.4, -0.2) is 17.8 Å². The molecule has 1 N–H and O–H groups in total. The third-order valence-electron chi connectivity index (χ3n) is 3.77. The van der Waals surface area contributed by atoms with E-state index < -0.39 is 5.97 Å². The van der Waals surface area contributed by atoms with E-state index in [1.165, 1.54) is 64.2 Å². The Morgan fingerprint density at radius 2 is 0.900 bits per heavy atom. The molecule has 0 amide bonds. The molecule has 0 aromatic heterocycles. The minimum atomic E-state index is -0.672. The summed E-state index contributed by atoms with van der Waals surface area (Å²) >= 11 is 0. The second kappa shape index (κ2) is 16.5. The molecule has 0 atom stereocenters. The first-order valence-electron chi connectivity index (χ1n) is 8.55. The van der Waals surface area contributed by atoms with Crippen LogP contribution in [0.4, 0.5) is 4.39 Å². The van der Waals surface area contributed by atoms with Crippen LogP contribution in [0.15, 0.2) is 0 Å². The van der Waals surface area contributed by atoms with E-state index in [4.69, 9.17) is 5.11 Å². The summed E-state index contributed by atoms with van der Waals surface area (Å²) in [6, 6.07) is 0. The molecular formula is C17H33FO2. The lowest BCUT2D eigenvalue weighted by Gasteiger charge is -2.02. The number of halogens is 1. The molecule has 2 nitrogen and oxygen atoms in total. The Kier molecular flexibility index (Phi) is 16.0. The van der Waals surface area contributed by atoms with E-state index >= 15 is 0 Å². The molecule has 0 saturated heterocycles. The number of unbranched alkanes of at least 4 members (excludes halogenated alkanes) is 13. The minimum Gasteiger partial charge on any atom is -0.481 e. The van der Waals surface area contributed by atoms with Gasteiger partial charge in [-0.1, -0.05) is 77.0 Å². The van der Waals surface area contributed by atoms with Crippen molar-refractivity contribution in [2.75, 3.05) is 6.67 Å². The Balaban J connectivity index is 2.94. The van der Waals surface area contributed by atoms with E-state index in [-0.39, 0.29) is 6.67 Å². The van der Waals surface area contributed by atoms with E-state index in [2.05, 4.69) is 0 Å². The standard InChI is InChI=1S/C17H33FO2/c18-16-14-12-10-8-6-4-2-1-3-5-7-9-11-13-15-17(19)20/h1-16H2,(H,19,20)/i18-1. The fraction of sp³-hybridized carbons (Fsp3) is 0.941. The second-order valence-corrected chi connectivity index (χ2v) is 5.78. The molecule has 120 valence electrons. The Bertz CT molecular complexity index is 207. The molecule has 0 aliphatic heterocycles. The van der Waals surface area contributed by atoms with Crippen molar-refractivity contribution < 1.29 is 14.3 Å². The van der Waals surface area contributed by atoms with E-state index in [0.717, 1.165) is 25.7 Å². The molecule has 0 unspecified atom stereocenters. The summed E-state index contributed by atoms with van der Waals surface area (Å²) in [6.07, 6.45) is 16.8. The highest BCUT2D eigenvalue weighted by Crippen LogP contribution is 2.13. The third-order valence-corrected chi connectivity index (χ3v) is 3.77. The topological polar surface area (TPSA) is 37.3 Å². The molecule has 0 heterocycles. The van der Waals surface area contributed by atoms with Gasteiger partial charge in [-0.25, -0.2) is 0 Å². The third kappa shape index (κ3) is 17.4. The van der Waals surface area contributed by atoms with Crippen molar-refractivity contribution in [2.24, 2.45) is 0 Å². The average Bonchev–Trinajstić information content (AvgIpc) is 2.43. The minimum absolute atomic E-state index is 0.156. The lowest BCUT2D eigenvalue weighted by molar-refractivity contribution is -0.137. The molecular weight excluding hydrogens is 254 g/mol. The summed E-state index contributed by atoms with van der Waals surface area (Å²) in [5, 5.41) is 8.50. The SMILES string of the molecule is O=C(O)CCCCCCCCCCCCCCCC[18F]. The van der Waals surface area contributed by atoms with Crippen LogP contribution in [0.2, 0.25) is 0 Å². The van der Waals surface area contributed by atoms with E-state index in [9.17, 15) is 9.18 Å². The van der Waals surface area contributed by atoms with E-state index in [1.807, 2.05) is 0 Å². The Morgan fingerprint density at radius 1 is 0.600 bits per heavy atom. The fourth-order valence-electron chi connectivity index (χ4n) is 2.49. The van der Waals surface area contributed by atoms with Gasteiger partial charge in [0.05, 0.1) is 6.67 Å². The summed E-state index contributed by atoms with van der Waals surface area (Å²) in [5.41, 5.74) is 0. The van der Waals surface area contributed by atoms with Crippen molar-refractivity contribution >= 4 is 5.97 Å². The van der Waals surface area contributed by atoms with Crippen LogP contribution in [-0.2, 0) is 4.79 Å². The normalized spacial score (nSPS) is 10.8. The highest BCUT2D eigenvalue weighted by molar-refractivity contribution is 5.66. The number of carboxylic acid groups (broad SMARTS) is 1. The van der Waals surface area contributed by atoms with Crippen LogP contribution in [0, 0.1) is 0 Å². The van der Waals surface area contributed by atoms with Crippen LogP contribution >= 0.6 is 0 Å². The van der Waals surface area contributed by atoms with E-state index in [1.54, 1.807) is 0 Å².